The van der Waals surface area contributed by atoms with Crippen molar-refractivity contribution < 1.29 is 37.0 Å². The highest BCUT2D eigenvalue weighted by molar-refractivity contribution is 7.92. The van der Waals surface area contributed by atoms with Crippen LogP contribution in [0, 0.1) is 26.1 Å². The van der Waals surface area contributed by atoms with Crippen LogP contribution < -0.4 is 0 Å². The van der Waals surface area contributed by atoms with E-state index in [4.69, 9.17) is 9.16 Å². The molecule has 0 aromatic heterocycles. The van der Waals surface area contributed by atoms with Crippen LogP contribution in [0.4, 0.5) is 11.4 Å². The molecule has 1 amide bonds. The number of benzene rings is 1. The van der Waals surface area contributed by atoms with Gasteiger partial charge in [-0.25, -0.2) is 13.2 Å². The summed E-state index contributed by atoms with van der Waals surface area (Å²) in [5, 5.41) is 20.9. The molecule has 1 fully saturated rings. The lowest BCUT2D eigenvalue weighted by molar-refractivity contribution is -0.396. The van der Waals surface area contributed by atoms with Crippen molar-refractivity contribution in [2.45, 2.75) is 76.0 Å². The van der Waals surface area contributed by atoms with E-state index in [2.05, 4.69) is 0 Å². The summed E-state index contributed by atoms with van der Waals surface area (Å²) in [6, 6.07) is 2.14. The summed E-state index contributed by atoms with van der Waals surface area (Å²) in [6.45, 7) is 14.3. The lowest BCUT2D eigenvalue weighted by atomic mass is 9.91. The lowest BCUT2D eigenvalue weighted by Crippen LogP contribution is -2.68. The molecule has 13 nitrogen and oxygen atoms in total. The number of nitro benzene ring substituents is 2. The van der Waals surface area contributed by atoms with Gasteiger partial charge in [0.2, 0.25) is 15.7 Å². The summed E-state index contributed by atoms with van der Waals surface area (Å²) in [5.41, 5.74) is -1.73. The molecule has 1 unspecified atom stereocenters. The van der Waals surface area contributed by atoms with Gasteiger partial charge >= 0.3 is 5.97 Å². The molecule has 0 spiro atoms. The quantitative estimate of drug-likeness (QED) is 0.105. The van der Waals surface area contributed by atoms with E-state index >= 15 is 0 Å². The Bertz CT molecular complexity index is 1310. The molecule has 38 heavy (non-hydrogen) atoms. The molecule has 1 aromatic rings. The third kappa shape index (κ3) is 5.49. The first-order valence-corrected chi connectivity index (χ1v) is 16.1. The first-order chi connectivity index (χ1) is 17.2. The van der Waals surface area contributed by atoms with Gasteiger partial charge in [-0.3, -0.25) is 29.9 Å². The minimum absolute atomic E-state index is 0.278. The van der Waals surface area contributed by atoms with E-state index in [1.54, 1.807) is 6.92 Å². The third-order valence-electron chi connectivity index (χ3n) is 6.94. The van der Waals surface area contributed by atoms with Crippen molar-refractivity contribution in [3.05, 3.63) is 49.7 Å². The highest BCUT2D eigenvalue weighted by Crippen LogP contribution is 2.45. The van der Waals surface area contributed by atoms with Crippen molar-refractivity contribution in [2.75, 3.05) is 7.11 Å². The number of esters is 1. The number of amides is 1. The van der Waals surface area contributed by atoms with Crippen LogP contribution in [-0.4, -0.2) is 61.9 Å². The van der Waals surface area contributed by atoms with E-state index < -0.39 is 73.5 Å². The topological polar surface area (TPSA) is 176 Å². The number of methoxy groups -OCH3 is 1. The summed E-state index contributed by atoms with van der Waals surface area (Å²) in [5.74, 6) is -3.01. The molecule has 1 saturated heterocycles. The first-order valence-electron chi connectivity index (χ1n) is 11.6. The molecular formula is C23H33N3O10SSi. The molecule has 210 valence electrons. The molecule has 0 radical (unpaired) electrons. The second kappa shape index (κ2) is 10.5. The van der Waals surface area contributed by atoms with E-state index in [0.717, 1.165) is 24.1 Å². The smallest absolute Gasteiger partial charge is 0.354 e. The van der Waals surface area contributed by atoms with E-state index in [0.29, 0.717) is 6.07 Å². The van der Waals surface area contributed by atoms with Crippen LogP contribution in [0.3, 0.4) is 0 Å². The monoisotopic (exact) mass is 571 g/mol. The number of allylic oxidation sites excluding steroid dienone is 1. The number of likely N-dealkylation sites (tertiary alicyclic amines) is 1. The average Bonchev–Trinajstić information content (AvgIpc) is 2.77. The van der Waals surface area contributed by atoms with Gasteiger partial charge in [-0.1, -0.05) is 20.8 Å². The number of non-ortho nitro benzene ring substituents is 1. The zero-order valence-corrected chi connectivity index (χ0v) is 24.6. The molecule has 0 bridgehead atoms. The van der Waals surface area contributed by atoms with Crippen LogP contribution in [-0.2, 0) is 28.6 Å². The van der Waals surface area contributed by atoms with Crippen LogP contribution in [0.1, 0.15) is 41.5 Å². The van der Waals surface area contributed by atoms with Crippen molar-refractivity contribution in [3.8, 4) is 0 Å². The molecule has 0 saturated carbocycles. The fourth-order valence-electron chi connectivity index (χ4n) is 3.98. The van der Waals surface area contributed by atoms with E-state index in [-0.39, 0.29) is 16.3 Å². The molecule has 3 atom stereocenters. The number of ether oxygens (including phenoxy) is 1. The SMILES string of the molecule is COC(=O)C(=C(C)C)N1C(=O)[C@@H](C(C)O[Si](C)(C)C(C)(C)C)[C@H]1S(=O)(=O)c1ccc([N+](=O)[O-])cc1[N+](=O)[O-]. The normalized spacial score (nSPS) is 18.9. The fraction of sp³-hybridized carbons (Fsp3) is 0.565. The largest absolute Gasteiger partial charge is 0.464 e. The molecule has 1 aliphatic rings. The van der Waals surface area contributed by atoms with Crippen molar-refractivity contribution in [1.82, 2.24) is 4.90 Å². The Kier molecular flexibility index (Phi) is 8.61. The molecule has 1 heterocycles. The van der Waals surface area contributed by atoms with Crippen LogP contribution in [0.15, 0.2) is 34.4 Å². The number of hydrogen-bond donors (Lipinski definition) is 0. The maximum absolute atomic E-state index is 14.0. The fourth-order valence-corrected chi connectivity index (χ4v) is 7.56. The third-order valence-corrected chi connectivity index (χ3v) is 13.6. The predicted octanol–water partition coefficient (Wildman–Crippen LogP) is 3.94. The van der Waals surface area contributed by atoms with Gasteiger partial charge in [0.15, 0.2) is 13.7 Å². The minimum atomic E-state index is -4.77. The van der Waals surface area contributed by atoms with E-state index in [9.17, 15) is 38.2 Å². The maximum Gasteiger partial charge on any atom is 0.354 e. The van der Waals surface area contributed by atoms with Crippen LogP contribution in [0.2, 0.25) is 18.1 Å². The van der Waals surface area contributed by atoms with Crippen LogP contribution >= 0.6 is 0 Å². The van der Waals surface area contributed by atoms with Gasteiger partial charge in [0.05, 0.1) is 35.0 Å². The van der Waals surface area contributed by atoms with Crippen molar-refractivity contribution in [2.24, 2.45) is 5.92 Å². The number of nitro groups is 2. The number of carbonyl (C=O) groups excluding carboxylic acids is 2. The lowest BCUT2D eigenvalue weighted by Gasteiger charge is -2.50. The molecule has 1 aliphatic heterocycles. The Hall–Kier alpha value is -3.17. The predicted molar refractivity (Wildman–Crippen MR) is 139 cm³/mol. The number of sulfone groups is 1. The van der Waals surface area contributed by atoms with E-state index in [1.807, 2.05) is 33.9 Å². The Morgan fingerprint density at radius 3 is 2.11 bits per heavy atom. The number of hydrogen-bond acceptors (Lipinski definition) is 10. The highest BCUT2D eigenvalue weighted by atomic mass is 32.2. The molecule has 0 N–H and O–H groups in total. The Morgan fingerprint density at radius 2 is 1.68 bits per heavy atom. The zero-order valence-electron chi connectivity index (χ0n) is 22.8. The Morgan fingerprint density at radius 1 is 1.13 bits per heavy atom. The van der Waals surface area contributed by atoms with Crippen molar-refractivity contribution in [3.63, 3.8) is 0 Å². The van der Waals surface area contributed by atoms with Crippen LogP contribution in [0.25, 0.3) is 0 Å². The Balaban J connectivity index is 2.79. The molecule has 15 heteroatoms. The Labute approximate surface area is 222 Å². The zero-order chi connectivity index (χ0) is 29.5. The van der Waals surface area contributed by atoms with Crippen LogP contribution in [0.5, 0.6) is 0 Å². The van der Waals surface area contributed by atoms with Gasteiger partial charge in [-0.2, -0.15) is 0 Å². The first kappa shape index (κ1) is 31.0. The van der Waals surface area contributed by atoms with Gasteiger partial charge in [0.25, 0.3) is 11.4 Å². The molecular weight excluding hydrogens is 538 g/mol. The summed E-state index contributed by atoms with van der Waals surface area (Å²) in [6.07, 6.45) is -0.937. The number of carbonyl (C=O) groups is 2. The number of nitrogens with zero attached hydrogens (tertiary/aromatic N) is 3. The molecule has 2 rings (SSSR count). The van der Waals surface area contributed by atoms with E-state index in [1.165, 1.54) is 13.8 Å². The second-order valence-corrected chi connectivity index (χ2v) is 17.5. The second-order valence-electron chi connectivity index (χ2n) is 10.8. The van der Waals surface area contributed by atoms with Gasteiger partial charge < -0.3 is 9.16 Å². The summed E-state index contributed by atoms with van der Waals surface area (Å²) >= 11 is 0. The average molecular weight is 572 g/mol. The number of β-lactam (4-membered cyclic amide) rings is 1. The molecule has 0 aliphatic carbocycles. The standard InChI is InChI=1S/C23H33N3O10SSi/c1-13(2)19(22(28)35-7)24-20(27)18(14(3)36-38(8,9)23(4,5)6)21(24)37(33,34)17-11-10-15(25(29)30)12-16(17)26(31)32/h10-12,14,18,21H,1-9H3/t14?,18-,21-/m1/s1. The van der Waals surface area contributed by atoms with Crippen molar-refractivity contribution >= 4 is 41.4 Å². The summed E-state index contributed by atoms with van der Waals surface area (Å²) in [4.78, 5) is 47.0. The van der Waals surface area contributed by atoms with Gasteiger partial charge in [-0.15, -0.1) is 0 Å². The number of rotatable bonds is 9. The summed E-state index contributed by atoms with van der Waals surface area (Å²) in [7, 11) is -6.22. The highest BCUT2D eigenvalue weighted by Gasteiger charge is 2.61. The van der Waals surface area contributed by atoms with Gasteiger partial charge in [-0.05, 0) is 50.5 Å². The molecule has 1 aromatic carbocycles. The minimum Gasteiger partial charge on any atom is -0.464 e. The maximum atomic E-state index is 14.0. The van der Waals surface area contributed by atoms with Crippen molar-refractivity contribution in [1.29, 1.82) is 0 Å². The van der Waals surface area contributed by atoms with Gasteiger partial charge in [0, 0.05) is 6.07 Å². The van der Waals surface area contributed by atoms with Gasteiger partial charge in [0.1, 0.15) is 10.6 Å². The summed E-state index contributed by atoms with van der Waals surface area (Å²) < 4.78 is 39.1.